The molecule has 0 aliphatic carbocycles. The van der Waals surface area contributed by atoms with Crippen LogP contribution in [-0.2, 0) is 28.6 Å². The first kappa shape index (κ1) is 70.3. The van der Waals surface area contributed by atoms with E-state index in [-0.39, 0.29) is 31.1 Å². The number of allylic oxidation sites excluding steroid dienone is 24. The maximum Gasteiger partial charge on any atom is 0.306 e. The van der Waals surface area contributed by atoms with Gasteiger partial charge in [-0.05, 0) is 141 Å². The third kappa shape index (κ3) is 60.0. The molecule has 0 bridgehead atoms. The van der Waals surface area contributed by atoms with Crippen molar-refractivity contribution in [2.24, 2.45) is 0 Å². The van der Waals surface area contributed by atoms with Gasteiger partial charge in [0.25, 0.3) is 0 Å². The van der Waals surface area contributed by atoms with Gasteiger partial charge in [0.2, 0.25) is 0 Å². The monoisotopic (exact) mass is 1030 g/mol. The van der Waals surface area contributed by atoms with Gasteiger partial charge in [0.15, 0.2) is 6.10 Å². The Bertz CT molecular complexity index is 1660. The summed E-state index contributed by atoms with van der Waals surface area (Å²) < 4.78 is 16.9. The average molecular weight is 1040 g/mol. The van der Waals surface area contributed by atoms with Gasteiger partial charge >= 0.3 is 17.9 Å². The lowest BCUT2D eigenvalue weighted by Gasteiger charge is -2.18. The van der Waals surface area contributed by atoms with Crippen molar-refractivity contribution in [1.82, 2.24) is 0 Å². The second-order valence-electron chi connectivity index (χ2n) is 19.5. The Morgan fingerprint density at radius 3 is 0.813 bits per heavy atom. The normalized spacial score (nSPS) is 13.2. The van der Waals surface area contributed by atoms with E-state index in [1.165, 1.54) is 38.5 Å². The fraction of sp³-hybridized carbons (Fsp3) is 0.609. The molecule has 0 saturated carbocycles. The van der Waals surface area contributed by atoms with Crippen molar-refractivity contribution >= 4 is 17.9 Å². The van der Waals surface area contributed by atoms with Crippen LogP contribution in [0.2, 0.25) is 0 Å². The number of unbranched alkanes of at least 4 members (excludes halogenated alkanes) is 18. The molecule has 0 aliphatic rings. The van der Waals surface area contributed by atoms with Crippen molar-refractivity contribution in [3.8, 4) is 0 Å². The zero-order valence-electron chi connectivity index (χ0n) is 48.3. The lowest BCUT2D eigenvalue weighted by Crippen LogP contribution is -2.30. The molecule has 0 rings (SSSR count). The number of hydrogen-bond donors (Lipinski definition) is 0. The molecule has 422 valence electrons. The predicted molar refractivity (Wildman–Crippen MR) is 325 cm³/mol. The minimum atomic E-state index is -0.811. The van der Waals surface area contributed by atoms with E-state index in [2.05, 4.69) is 167 Å². The topological polar surface area (TPSA) is 78.9 Å². The molecule has 0 aliphatic heterocycles. The van der Waals surface area contributed by atoms with Crippen LogP contribution < -0.4 is 0 Å². The maximum absolute atomic E-state index is 12.9. The molecule has 6 nitrogen and oxygen atoms in total. The van der Waals surface area contributed by atoms with Crippen LogP contribution in [0.4, 0.5) is 0 Å². The van der Waals surface area contributed by atoms with Gasteiger partial charge in [-0.3, -0.25) is 14.4 Å². The van der Waals surface area contributed by atoms with Crippen LogP contribution in [0.3, 0.4) is 0 Å². The quantitative estimate of drug-likeness (QED) is 0.0261. The Hall–Kier alpha value is -4.71. The summed E-state index contributed by atoms with van der Waals surface area (Å²) in [6.45, 7) is 6.33. The molecular formula is C69H110O6. The summed E-state index contributed by atoms with van der Waals surface area (Å²) in [4.78, 5) is 38.3. The molecule has 75 heavy (non-hydrogen) atoms. The van der Waals surface area contributed by atoms with Crippen LogP contribution in [0.1, 0.15) is 252 Å². The third-order valence-electron chi connectivity index (χ3n) is 12.3. The lowest BCUT2D eigenvalue weighted by atomic mass is 10.1. The molecule has 0 N–H and O–H groups in total. The molecule has 0 aromatic carbocycles. The molecule has 0 aromatic heterocycles. The SMILES string of the molecule is CC/C=C\C/C=C\C/C=C\C/C=C\C/C=C\C/C=C\CCCCCCC(=O)OCC(COC(=O)CCCCCCC/C=C\C/C=C\C/C=C\CC)OC(=O)CCCCCCCC/C=C\C/C=C\C/C=C\CCCCC. The molecule has 1 unspecified atom stereocenters. The molecule has 0 spiro atoms. The van der Waals surface area contributed by atoms with Gasteiger partial charge in [-0.1, -0.05) is 237 Å². The highest BCUT2D eigenvalue weighted by Crippen LogP contribution is 2.13. The minimum absolute atomic E-state index is 0.106. The highest BCUT2D eigenvalue weighted by Gasteiger charge is 2.19. The molecule has 0 saturated heterocycles. The number of rotatable bonds is 53. The Kier molecular flexibility index (Phi) is 58.0. The predicted octanol–water partition coefficient (Wildman–Crippen LogP) is 20.8. The summed E-state index contributed by atoms with van der Waals surface area (Å²) in [5.74, 6) is -0.963. The zero-order chi connectivity index (χ0) is 54.3. The molecular weight excluding hydrogens is 925 g/mol. The summed E-state index contributed by atoms with van der Waals surface area (Å²) in [6, 6.07) is 0. The second-order valence-corrected chi connectivity index (χ2v) is 19.5. The van der Waals surface area contributed by atoms with Gasteiger partial charge in [0.05, 0.1) is 0 Å². The number of hydrogen-bond acceptors (Lipinski definition) is 6. The number of carbonyl (C=O) groups excluding carboxylic acids is 3. The van der Waals surface area contributed by atoms with Crippen LogP contribution in [0.5, 0.6) is 0 Å². The van der Waals surface area contributed by atoms with Gasteiger partial charge in [-0.15, -0.1) is 0 Å². The fourth-order valence-corrected chi connectivity index (χ4v) is 7.82. The standard InChI is InChI=1S/C69H110O6/c1-4-7-10-13-16-19-22-25-28-30-32-33-34-35-37-38-41-44-47-50-53-56-59-62-68(71)74-65-66(64-73-67(70)61-58-55-52-49-46-43-40-27-24-21-18-15-12-9-6-3)75-69(72)63-60-57-54-51-48-45-42-39-36-31-29-26-23-20-17-14-11-8-5-2/h7,9-10,12,16-21,25-29,32-33,35-37,39-41,44,66H,4-6,8,11,13-15,22-24,30-31,34,38,42-43,45-65H2,1-3H3/b10-7-,12-9-,19-16-,20-17-,21-18-,28-25-,29-26-,33-32-,37-35-,39-36-,40-27-,44-41-. The third-order valence-corrected chi connectivity index (χ3v) is 12.3. The van der Waals surface area contributed by atoms with E-state index in [1.54, 1.807) is 0 Å². The first-order valence-corrected chi connectivity index (χ1v) is 30.3. The number of carbonyl (C=O) groups is 3. The van der Waals surface area contributed by atoms with Crippen molar-refractivity contribution < 1.29 is 28.6 Å². The van der Waals surface area contributed by atoms with E-state index in [9.17, 15) is 14.4 Å². The maximum atomic E-state index is 12.9. The van der Waals surface area contributed by atoms with Gasteiger partial charge in [0.1, 0.15) is 13.2 Å². The van der Waals surface area contributed by atoms with E-state index in [4.69, 9.17) is 14.2 Å². The summed E-state index contributed by atoms with van der Waals surface area (Å²) in [5.41, 5.74) is 0. The van der Waals surface area contributed by atoms with Gasteiger partial charge in [-0.2, -0.15) is 0 Å². The molecule has 1 atom stereocenters. The largest absolute Gasteiger partial charge is 0.462 e. The molecule has 0 amide bonds. The molecule has 0 radical (unpaired) electrons. The zero-order valence-corrected chi connectivity index (χ0v) is 48.3. The van der Waals surface area contributed by atoms with E-state index in [0.717, 1.165) is 173 Å². The summed E-state index contributed by atoms with van der Waals surface area (Å²) in [6.07, 6.45) is 88.3. The smallest absolute Gasteiger partial charge is 0.306 e. The minimum Gasteiger partial charge on any atom is -0.462 e. The van der Waals surface area contributed by atoms with Gasteiger partial charge < -0.3 is 14.2 Å². The van der Waals surface area contributed by atoms with Crippen LogP contribution in [0, 0.1) is 0 Å². The van der Waals surface area contributed by atoms with E-state index < -0.39 is 6.10 Å². The highest BCUT2D eigenvalue weighted by molar-refractivity contribution is 5.71. The Labute approximate surface area is 461 Å². The molecule has 6 heteroatoms. The summed E-state index contributed by atoms with van der Waals surface area (Å²) >= 11 is 0. The van der Waals surface area contributed by atoms with Crippen molar-refractivity contribution in [2.45, 2.75) is 258 Å². The van der Waals surface area contributed by atoms with Gasteiger partial charge in [0, 0.05) is 19.3 Å². The van der Waals surface area contributed by atoms with Crippen molar-refractivity contribution in [1.29, 1.82) is 0 Å². The Morgan fingerprint density at radius 1 is 0.280 bits per heavy atom. The first-order valence-electron chi connectivity index (χ1n) is 30.3. The van der Waals surface area contributed by atoms with E-state index in [1.807, 2.05) is 0 Å². The van der Waals surface area contributed by atoms with Crippen molar-refractivity contribution in [3.05, 3.63) is 146 Å². The first-order chi connectivity index (χ1) is 37.0. The summed E-state index contributed by atoms with van der Waals surface area (Å²) in [5, 5.41) is 0. The van der Waals surface area contributed by atoms with Gasteiger partial charge in [-0.25, -0.2) is 0 Å². The number of esters is 3. The molecule has 0 fully saturated rings. The lowest BCUT2D eigenvalue weighted by molar-refractivity contribution is -0.167. The van der Waals surface area contributed by atoms with Crippen molar-refractivity contribution in [3.63, 3.8) is 0 Å². The second kappa shape index (κ2) is 61.8. The highest BCUT2D eigenvalue weighted by atomic mass is 16.6. The van der Waals surface area contributed by atoms with Crippen LogP contribution in [0.15, 0.2) is 146 Å². The fourth-order valence-electron chi connectivity index (χ4n) is 7.82. The molecule has 0 heterocycles. The van der Waals surface area contributed by atoms with E-state index >= 15 is 0 Å². The van der Waals surface area contributed by atoms with Crippen LogP contribution >= 0.6 is 0 Å². The van der Waals surface area contributed by atoms with E-state index in [0.29, 0.717) is 19.3 Å². The Morgan fingerprint density at radius 2 is 0.520 bits per heavy atom. The van der Waals surface area contributed by atoms with Crippen molar-refractivity contribution in [2.75, 3.05) is 13.2 Å². The van der Waals surface area contributed by atoms with Crippen LogP contribution in [-0.4, -0.2) is 37.2 Å². The molecule has 0 aromatic rings. The Balaban J connectivity index is 4.50. The number of ether oxygens (including phenoxy) is 3. The van der Waals surface area contributed by atoms with Crippen LogP contribution in [0.25, 0.3) is 0 Å². The average Bonchev–Trinajstić information content (AvgIpc) is 3.41. The summed E-state index contributed by atoms with van der Waals surface area (Å²) in [7, 11) is 0.